The Morgan fingerprint density at radius 3 is 2.58 bits per heavy atom. The highest BCUT2D eigenvalue weighted by atomic mass is 35.5. The molecule has 0 aromatic heterocycles. The molecule has 124 valence electrons. The van der Waals surface area contributed by atoms with Crippen LogP contribution in [0.4, 0.5) is 5.69 Å². The molecule has 0 heterocycles. The molecule has 1 aliphatic rings. The fourth-order valence-corrected chi connectivity index (χ4v) is 3.30. The van der Waals surface area contributed by atoms with Crippen LogP contribution in [0.25, 0.3) is 0 Å². The van der Waals surface area contributed by atoms with E-state index in [1.54, 1.807) is 18.2 Å². The average molecular weight is 380 g/mol. The highest BCUT2D eigenvalue weighted by Gasteiger charge is 2.29. The molecule has 0 aliphatic heterocycles. The number of anilines is 1. The molecule has 0 atom stereocenters. The van der Waals surface area contributed by atoms with E-state index in [2.05, 4.69) is 5.32 Å². The van der Waals surface area contributed by atoms with Gasteiger partial charge in [0.05, 0.1) is 15.8 Å². The topological polar surface area (TPSA) is 46.2 Å². The van der Waals surface area contributed by atoms with Crippen molar-refractivity contribution in [3.05, 3.63) is 58.1 Å². The lowest BCUT2D eigenvalue weighted by Crippen LogP contribution is -2.13. The van der Waals surface area contributed by atoms with Gasteiger partial charge in [0, 0.05) is 22.1 Å². The van der Waals surface area contributed by atoms with Gasteiger partial charge in [-0.15, -0.1) is 11.8 Å². The van der Waals surface area contributed by atoms with E-state index in [4.69, 9.17) is 23.2 Å². The molecular formula is C18H15Cl2NO2S. The summed E-state index contributed by atoms with van der Waals surface area (Å²) >= 11 is 13.2. The van der Waals surface area contributed by atoms with Crippen LogP contribution in [-0.4, -0.2) is 17.4 Å². The lowest BCUT2D eigenvalue weighted by molar-refractivity contribution is -0.117. The van der Waals surface area contributed by atoms with Crippen LogP contribution in [0.3, 0.4) is 0 Å². The van der Waals surface area contributed by atoms with Crippen molar-refractivity contribution in [1.29, 1.82) is 0 Å². The molecule has 0 saturated heterocycles. The molecule has 2 aromatic carbocycles. The molecule has 3 rings (SSSR count). The van der Waals surface area contributed by atoms with Gasteiger partial charge in [0.15, 0.2) is 5.78 Å². The second kappa shape index (κ2) is 7.60. The maximum Gasteiger partial charge on any atom is 0.227 e. The number of Topliss-reactive ketones (excluding diaryl/α,β-unsaturated/α-hetero) is 1. The second-order valence-electron chi connectivity index (χ2n) is 5.63. The lowest BCUT2D eigenvalue weighted by atomic mass is 10.1. The summed E-state index contributed by atoms with van der Waals surface area (Å²) in [6.45, 7) is 0. The van der Waals surface area contributed by atoms with Gasteiger partial charge >= 0.3 is 0 Å². The first-order chi connectivity index (χ1) is 11.5. The number of hydrogen-bond donors (Lipinski definition) is 1. The molecule has 1 saturated carbocycles. The third-order valence-corrected chi connectivity index (χ3v) is 5.39. The minimum absolute atomic E-state index is 0.0222. The molecule has 2 aromatic rings. The highest BCUT2D eigenvalue weighted by molar-refractivity contribution is 8.00. The van der Waals surface area contributed by atoms with Gasteiger partial charge in [-0.3, -0.25) is 9.59 Å². The molecule has 0 bridgehead atoms. The van der Waals surface area contributed by atoms with E-state index < -0.39 is 0 Å². The molecule has 0 spiro atoms. The number of halogens is 2. The Morgan fingerprint density at radius 2 is 1.88 bits per heavy atom. The van der Waals surface area contributed by atoms with Gasteiger partial charge in [-0.1, -0.05) is 29.3 Å². The molecule has 6 heteroatoms. The molecular weight excluding hydrogens is 365 g/mol. The van der Waals surface area contributed by atoms with Gasteiger partial charge in [-0.25, -0.2) is 0 Å². The number of benzene rings is 2. The van der Waals surface area contributed by atoms with E-state index >= 15 is 0 Å². The molecule has 3 nitrogen and oxygen atoms in total. The van der Waals surface area contributed by atoms with Crippen LogP contribution < -0.4 is 5.32 Å². The number of ketones is 1. The number of nitrogens with one attached hydrogen (secondary N) is 1. The number of rotatable bonds is 6. The molecule has 0 radical (unpaired) electrons. The van der Waals surface area contributed by atoms with Crippen LogP contribution in [0.2, 0.25) is 10.0 Å². The third kappa shape index (κ3) is 4.53. The maximum absolute atomic E-state index is 12.2. The smallest absolute Gasteiger partial charge is 0.227 e. The number of hydrogen-bond acceptors (Lipinski definition) is 3. The molecule has 0 unspecified atom stereocenters. The summed E-state index contributed by atoms with van der Waals surface area (Å²) in [5.74, 6) is 0.505. The van der Waals surface area contributed by atoms with Gasteiger partial charge < -0.3 is 5.32 Å². The van der Waals surface area contributed by atoms with E-state index in [9.17, 15) is 9.59 Å². The molecule has 24 heavy (non-hydrogen) atoms. The minimum atomic E-state index is -0.0222. The van der Waals surface area contributed by atoms with Gasteiger partial charge in [0.1, 0.15) is 0 Å². The fraction of sp³-hybridized carbons (Fsp3) is 0.222. The van der Waals surface area contributed by atoms with E-state index in [0.29, 0.717) is 15.6 Å². The SMILES string of the molecule is O=C(CSc1cccc(NC(=O)C2CC2)c1)c1ccc(Cl)c(Cl)c1. The van der Waals surface area contributed by atoms with Crippen molar-refractivity contribution < 1.29 is 9.59 Å². The number of carbonyl (C=O) groups is 2. The van der Waals surface area contributed by atoms with Crippen LogP contribution in [0.15, 0.2) is 47.4 Å². The Morgan fingerprint density at radius 1 is 1.08 bits per heavy atom. The molecule has 1 amide bonds. The van der Waals surface area contributed by atoms with Crippen LogP contribution in [0, 0.1) is 5.92 Å². The van der Waals surface area contributed by atoms with E-state index in [-0.39, 0.29) is 23.4 Å². The van der Waals surface area contributed by atoms with Crippen LogP contribution >= 0.6 is 35.0 Å². The van der Waals surface area contributed by atoms with Crippen molar-refractivity contribution in [3.8, 4) is 0 Å². The highest BCUT2D eigenvalue weighted by Crippen LogP contribution is 2.31. The van der Waals surface area contributed by atoms with Gasteiger partial charge in [-0.05, 0) is 49.2 Å². The van der Waals surface area contributed by atoms with Crippen molar-refractivity contribution in [2.75, 3.05) is 11.1 Å². The lowest BCUT2D eigenvalue weighted by Gasteiger charge is -2.07. The van der Waals surface area contributed by atoms with Crippen molar-refractivity contribution in [2.24, 2.45) is 5.92 Å². The van der Waals surface area contributed by atoms with Gasteiger partial charge in [-0.2, -0.15) is 0 Å². The summed E-state index contributed by atoms with van der Waals surface area (Å²) in [5.41, 5.74) is 1.30. The van der Waals surface area contributed by atoms with E-state index in [1.807, 2.05) is 24.3 Å². The quantitative estimate of drug-likeness (QED) is 0.545. The van der Waals surface area contributed by atoms with E-state index in [1.165, 1.54) is 11.8 Å². The Hall–Kier alpha value is -1.49. The number of thioether (sulfide) groups is 1. The van der Waals surface area contributed by atoms with Crippen molar-refractivity contribution in [3.63, 3.8) is 0 Å². The standard InChI is InChI=1S/C18H15Cl2NO2S/c19-15-7-6-12(8-16(15)20)17(22)10-24-14-3-1-2-13(9-14)21-18(23)11-4-5-11/h1-3,6-9,11H,4-5,10H2,(H,21,23). The summed E-state index contributed by atoms with van der Waals surface area (Å²) in [6, 6.07) is 12.4. The summed E-state index contributed by atoms with van der Waals surface area (Å²) in [4.78, 5) is 25.0. The second-order valence-corrected chi connectivity index (χ2v) is 7.50. The molecule has 1 N–H and O–H groups in total. The minimum Gasteiger partial charge on any atom is -0.326 e. The Bertz CT molecular complexity index is 790. The molecule has 1 fully saturated rings. The van der Waals surface area contributed by atoms with Crippen LogP contribution in [0.5, 0.6) is 0 Å². The first kappa shape index (κ1) is 17.3. The van der Waals surface area contributed by atoms with Crippen molar-refractivity contribution in [2.45, 2.75) is 17.7 Å². The van der Waals surface area contributed by atoms with Crippen LogP contribution in [0.1, 0.15) is 23.2 Å². The number of amides is 1. The average Bonchev–Trinajstić information content (AvgIpc) is 3.40. The Balaban J connectivity index is 1.60. The largest absolute Gasteiger partial charge is 0.326 e. The molecule has 1 aliphatic carbocycles. The van der Waals surface area contributed by atoms with Gasteiger partial charge in [0.25, 0.3) is 0 Å². The van der Waals surface area contributed by atoms with Crippen LogP contribution in [-0.2, 0) is 4.79 Å². The predicted molar refractivity (Wildman–Crippen MR) is 99.3 cm³/mol. The maximum atomic E-state index is 12.2. The zero-order valence-electron chi connectivity index (χ0n) is 12.7. The third-order valence-electron chi connectivity index (χ3n) is 3.66. The number of carbonyl (C=O) groups excluding carboxylic acids is 2. The van der Waals surface area contributed by atoms with Crippen molar-refractivity contribution in [1.82, 2.24) is 0 Å². The first-order valence-corrected chi connectivity index (χ1v) is 9.29. The normalized spacial score (nSPS) is 13.6. The summed E-state index contributed by atoms with van der Waals surface area (Å²) in [5, 5.41) is 3.71. The predicted octanol–water partition coefficient (Wildman–Crippen LogP) is 5.32. The first-order valence-electron chi connectivity index (χ1n) is 7.55. The Labute approximate surface area is 154 Å². The summed E-state index contributed by atoms with van der Waals surface area (Å²) in [6.07, 6.45) is 1.94. The monoisotopic (exact) mass is 379 g/mol. The summed E-state index contributed by atoms with van der Waals surface area (Å²) < 4.78 is 0. The van der Waals surface area contributed by atoms with E-state index in [0.717, 1.165) is 23.4 Å². The van der Waals surface area contributed by atoms with Gasteiger partial charge in [0.2, 0.25) is 5.91 Å². The Kier molecular flexibility index (Phi) is 5.49. The fourth-order valence-electron chi connectivity index (χ4n) is 2.16. The van der Waals surface area contributed by atoms with Crippen molar-refractivity contribution >= 4 is 52.3 Å². The zero-order valence-corrected chi connectivity index (χ0v) is 15.0. The summed E-state index contributed by atoms with van der Waals surface area (Å²) in [7, 11) is 0. The zero-order chi connectivity index (χ0) is 17.1.